The molecule has 1 heterocycles. The topological polar surface area (TPSA) is 46.6 Å². The molecule has 1 aromatic rings. The Labute approximate surface area is 87.6 Å². The van der Waals surface area contributed by atoms with Gasteiger partial charge in [-0.05, 0) is 0 Å². The van der Waals surface area contributed by atoms with E-state index in [-0.39, 0.29) is 0 Å². The second-order valence-corrected chi connectivity index (χ2v) is 3.91. The maximum atomic E-state index is 5.15. The predicted octanol–water partition coefficient (Wildman–Crippen LogP) is 0.869. The average molecular weight is 217 g/mol. The fraction of sp³-hybridized carbons (Fsp3) is 0.625. The Morgan fingerprint density at radius 2 is 2.14 bits per heavy atom. The highest BCUT2D eigenvalue weighted by Crippen LogP contribution is 2.29. The van der Waals surface area contributed by atoms with Crippen molar-refractivity contribution in [3.05, 3.63) is 4.88 Å². The van der Waals surface area contributed by atoms with E-state index >= 15 is 0 Å². The fourth-order valence-corrected chi connectivity index (χ4v) is 1.80. The fourth-order valence-electron chi connectivity index (χ4n) is 0.926. The highest BCUT2D eigenvalue weighted by Gasteiger charge is 2.12. The van der Waals surface area contributed by atoms with E-state index < -0.39 is 0 Å². The second kappa shape index (κ2) is 5.14. The number of anilines is 1. The summed E-state index contributed by atoms with van der Waals surface area (Å²) in [6, 6.07) is 0. The first-order valence-electron chi connectivity index (χ1n) is 4.16. The predicted molar refractivity (Wildman–Crippen MR) is 56.8 cm³/mol. The van der Waals surface area contributed by atoms with E-state index in [1.54, 1.807) is 25.6 Å². The number of ether oxygens (including phenoxy) is 1. The smallest absolute Gasteiger partial charge is 0.230 e. The van der Waals surface area contributed by atoms with E-state index in [4.69, 9.17) is 9.57 Å². The lowest BCUT2D eigenvalue weighted by atomic mass is 10.5. The van der Waals surface area contributed by atoms with Crippen molar-refractivity contribution in [3.8, 4) is 5.88 Å². The zero-order valence-electron chi connectivity index (χ0n) is 8.83. The van der Waals surface area contributed by atoms with Crippen LogP contribution in [0.2, 0.25) is 0 Å². The molecule has 0 bridgehead atoms. The molecule has 0 fully saturated rings. The monoisotopic (exact) mass is 217 g/mol. The first-order valence-corrected chi connectivity index (χ1v) is 4.97. The number of hydroxylamine groups is 1. The molecule has 0 aliphatic carbocycles. The van der Waals surface area contributed by atoms with Gasteiger partial charge in [-0.2, -0.15) is 10.5 Å². The number of rotatable bonds is 5. The third-order valence-corrected chi connectivity index (χ3v) is 2.81. The maximum absolute atomic E-state index is 5.15. The maximum Gasteiger partial charge on any atom is 0.230 e. The van der Waals surface area contributed by atoms with E-state index in [1.165, 1.54) is 0 Å². The van der Waals surface area contributed by atoms with Gasteiger partial charge in [0.25, 0.3) is 0 Å². The molecule has 5 nitrogen and oxygen atoms in total. The molecule has 0 amide bonds. The van der Waals surface area contributed by atoms with E-state index in [2.05, 4.69) is 10.5 Å². The summed E-state index contributed by atoms with van der Waals surface area (Å²) in [4.78, 5) is 12.1. The molecular formula is C8H15N3O2S. The van der Waals surface area contributed by atoms with Gasteiger partial charge in [-0.1, -0.05) is 11.3 Å². The summed E-state index contributed by atoms with van der Waals surface area (Å²) in [6.45, 7) is 0.602. The van der Waals surface area contributed by atoms with Gasteiger partial charge < -0.3 is 14.5 Å². The summed E-state index contributed by atoms with van der Waals surface area (Å²) in [7, 11) is 7.10. The molecular weight excluding hydrogens is 202 g/mol. The molecule has 80 valence electrons. The minimum Gasteiger partial charge on any atom is -0.480 e. The summed E-state index contributed by atoms with van der Waals surface area (Å²) < 4.78 is 5.15. The van der Waals surface area contributed by atoms with Crippen molar-refractivity contribution < 1.29 is 9.57 Å². The molecule has 0 saturated heterocycles. The summed E-state index contributed by atoms with van der Waals surface area (Å²) in [6.07, 6.45) is 0. The molecule has 1 rings (SSSR count). The van der Waals surface area contributed by atoms with Crippen LogP contribution in [-0.2, 0) is 11.4 Å². The van der Waals surface area contributed by atoms with Crippen molar-refractivity contribution in [2.45, 2.75) is 6.54 Å². The van der Waals surface area contributed by atoms with Crippen LogP contribution in [-0.4, -0.2) is 33.3 Å². The molecule has 0 aliphatic rings. The third kappa shape index (κ3) is 2.57. The number of nitrogens with one attached hydrogen (secondary N) is 1. The number of thiazole rings is 1. The molecule has 0 radical (unpaired) electrons. The Morgan fingerprint density at radius 1 is 1.43 bits per heavy atom. The SMILES string of the molecule is CONCc1sc(N(C)C)nc1OC. The first-order chi connectivity index (χ1) is 6.69. The largest absolute Gasteiger partial charge is 0.480 e. The third-order valence-electron chi connectivity index (χ3n) is 1.60. The van der Waals surface area contributed by atoms with Gasteiger partial charge in [-0.3, -0.25) is 0 Å². The number of hydrogen-bond donors (Lipinski definition) is 1. The summed E-state index contributed by atoms with van der Waals surface area (Å²) >= 11 is 1.58. The van der Waals surface area contributed by atoms with Crippen LogP contribution >= 0.6 is 11.3 Å². The van der Waals surface area contributed by atoms with E-state index in [9.17, 15) is 0 Å². The minimum absolute atomic E-state index is 0.602. The lowest BCUT2D eigenvalue weighted by Crippen LogP contribution is -2.10. The molecule has 1 N–H and O–H groups in total. The summed E-state index contributed by atoms with van der Waals surface area (Å²) in [5.41, 5.74) is 2.76. The highest BCUT2D eigenvalue weighted by atomic mass is 32.1. The average Bonchev–Trinajstić information content (AvgIpc) is 2.57. The van der Waals surface area contributed by atoms with Crippen molar-refractivity contribution in [2.24, 2.45) is 0 Å². The zero-order valence-corrected chi connectivity index (χ0v) is 9.64. The molecule has 6 heteroatoms. The molecule has 0 aliphatic heterocycles. The molecule has 14 heavy (non-hydrogen) atoms. The van der Waals surface area contributed by atoms with Crippen molar-refractivity contribution in [2.75, 3.05) is 33.2 Å². The van der Waals surface area contributed by atoms with E-state index in [0.717, 1.165) is 10.0 Å². The Balaban J connectivity index is 2.79. The van der Waals surface area contributed by atoms with Gasteiger partial charge in [0.2, 0.25) is 5.88 Å². The molecule has 0 unspecified atom stereocenters. The molecule has 0 spiro atoms. The summed E-state index contributed by atoms with van der Waals surface area (Å²) in [5.74, 6) is 0.656. The molecule has 0 aromatic carbocycles. The second-order valence-electron chi connectivity index (χ2n) is 2.85. The van der Waals surface area contributed by atoms with Gasteiger partial charge in [0.1, 0.15) is 0 Å². The van der Waals surface area contributed by atoms with Gasteiger partial charge in [-0.25, -0.2) is 0 Å². The van der Waals surface area contributed by atoms with Gasteiger partial charge in [0.05, 0.1) is 25.6 Å². The number of hydrogen-bond acceptors (Lipinski definition) is 6. The van der Waals surface area contributed by atoms with E-state index in [1.807, 2.05) is 19.0 Å². The number of methoxy groups -OCH3 is 1. The lowest BCUT2D eigenvalue weighted by Gasteiger charge is -2.04. The number of aromatic nitrogens is 1. The Morgan fingerprint density at radius 3 is 2.64 bits per heavy atom. The van der Waals surface area contributed by atoms with Crippen molar-refractivity contribution in [3.63, 3.8) is 0 Å². The lowest BCUT2D eigenvalue weighted by molar-refractivity contribution is 0.0868. The van der Waals surface area contributed by atoms with Crippen LogP contribution in [0, 0.1) is 0 Å². The Kier molecular flexibility index (Phi) is 4.12. The van der Waals surface area contributed by atoms with Gasteiger partial charge in [0, 0.05) is 14.1 Å². The van der Waals surface area contributed by atoms with Crippen LogP contribution in [0.25, 0.3) is 0 Å². The molecule has 1 aromatic heterocycles. The standard InChI is InChI=1S/C8H15N3O2S/c1-11(2)8-10-7(12-3)6(14-8)5-9-13-4/h9H,5H2,1-4H3. The van der Waals surface area contributed by atoms with Crippen LogP contribution < -0.4 is 15.1 Å². The molecule has 0 atom stereocenters. The normalized spacial score (nSPS) is 10.3. The van der Waals surface area contributed by atoms with Crippen LogP contribution in [0.5, 0.6) is 5.88 Å². The Hall–Kier alpha value is -0.850. The van der Waals surface area contributed by atoms with Crippen LogP contribution in [0.3, 0.4) is 0 Å². The van der Waals surface area contributed by atoms with Crippen molar-refractivity contribution in [1.82, 2.24) is 10.5 Å². The van der Waals surface area contributed by atoms with Crippen LogP contribution in [0.1, 0.15) is 4.88 Å². The quantitative estimate of drug-likeness (QED) is 0.741. The van der Waals surface area contributed by atoms with Crippen LogP contribution in [0.15, 0.2) is 0 Å². The first kappa shape index (κ1) is 11.2. The van der Waals surface area contributed by atoms with Crippen LogP contribution in [0.4, 0.5) is 5.13 Å². The highest BCUT2D eigenvalue weighted by molar-refractivity contribution is 7.15. The van der Waals surface area contributed by atoms with E-state index in [0.29, 0.717) is 12.4 Å². The van der Waals surface area contributed by atoms with Gasteiger partial charge in [0.15, 0.2) is 5.13 Å². The van der Waals surface area contributed by atoms with Crippen molar-refractivity contribution >= 4 is 16.5 Å². The zero-order chi connectivity index (χ0) is 10.6. The minimum atomic E-state index is 0.602. The van der Waals surface area contributed by atoms with Gasteiger partial charge >= 0.3 is 0 Å². The Bertz CT molecular complexity index is 288. The number of nitrogens with zero attached hydrogens (tertiary/aromatic N) is 2. The summed E-state index contributed by atoms with van der Waals surface area (Å²) in [5, 5.41) is 0.926. The molecule has 0 saturated carbocycles. The van der Waals surface area contributed by atoms with Gasteiger partial charge in [-0.15, -0.1) is 0 Å². The van der Waals surface area contributed by atoms with Crippen molar-refractivity contribution in [1.29, 1.82) is 0 Å².